The summed E-state index contributed by atoms with van der Waals surface area (Å²) in [5, 5.41) is 7.45. The number of imidazole rings is 1. The minimum absolute atomic E-state index is 0.227. The molecule has 0 spiro atoms. The molecule has 0 saturated carbocycles. The molecular formula is C16H19N5O3S. The zero-order valence-electron chi connectivity index (χ0n) is 14.1. The molecule has 0 aliphatic rings. The first-order valence-electron chi connectivity index (χ1n) is 7.88. The third kappa shape index (κ3) is 4.72. The van der Waals surface area contributed by atoms with Gasteiger partial charge in [-0.05, 0) is 25.5 Å². The van der Waals surface area contributed by atoms with E-state index >= 15 is 0 Å². The molecule has 0 atom stereocenters. The topological polar surface area (TPSA) is 99.0 Å². The highest BCUT2D eigenvalue weighted by Gasteiger charge is 2.12. The van der Waals surface area contributed by atoms with E-state index in [1.54, 1.807) is 30.9 Å². The number of aromatic nitrogens is 4. The summed E-state index contributed by atoms with van der Waals surface area (Å²) in [4.78, 5) is 20.4. The fourth-order valence-corrected chi connectivity index (χ4v) is 3.00. The Labute approximate surface area is 149 Å². The van der Waals surface area contributed by atoms with Crippen LogP contribution in [0.5, 0.6) is 0 Å². The number of furan rings is 1. The van der Waals surface area contributed by atoms with Gasteiger partial charge in [0.15, 0.2) is 16.7 Å². The maximum absolute atomic E-state index is 12.1. The highest BCUT2D eigenvalue weighted by Crippen LogP contribution is 2.21. The van der Waals surface area contributed by atoms with Crippen LogP contribution < -0.4 is 5.32 Å². The molecule has 0 bridgehead atoms. The van der Waals surface area contributed by atoms with Crippen molar-refractivity contribution >= 4 is 17.7 Å². The number of hydrogen-bond acceptors (Lipinski definition) is 7. The van der Waals surface area contributed by atoms with Crippen molar-refractivity contribution in [2.45, 2.75) is 30.7 Å². The van der Waals surface area contributed by atoms with Crippen molar-refractivity contribution < 1.29 is 13.7 Å². The Morgan fingerprint density at radius 2 is 2.28 bits per heavy atom. The lowest BCUT2D eigenvalue weighted by Gasteiger charge is -2.02. The lowest BCUT2D eigenvalue weighted by atomic mass is 10.3. The van der Waals surface area contributed by atoms with Gasteiger partial charge in [-0.25, -0.2) is 4.98 Å². The van der Waals surface area contributed by atoms with Crippen molar-refractivity contribution in [3.63, 3.8) is 0 Å². The molecule has 0 radical (unpaired) electrons. The van der Waals surface area contributed by atoms with Gasteiger partial charge in [0.2, 0.25) is 5.89 Å². The number of carbonyl (C=O) groups excluding carboxylic acids is 1. The Morgan fingerprint density at radius 3 is 3.00 bits per heavy atom. The van der Waals surface area contributed by atoms with E-state index in [0.717, 1.165) is 17.3 Å². The van der Waals surface area contributed by atoms with Gasteiger partial charge in [0, 0.05) is 32.4 Å². The second-order valence-corrected chi connectivity index (χ2v) is 6.41. The third-order valence-electron chi connectivity index (χ3n) is 3.43. The number of carbonyl (C=O) groups is 1. The second-order valence-electron chi connectivity index (χ2n) is 5.47. The quantitative estimate of drug-likeness (QED) is 0.486. The van der Waals surface area contributed by atoms with Crippen LogP contribution in [0, 0.1) is 6.92 Å². The molecule has 0 aliphatic carbocycles. The number of nitrogens with zero attached hydrogens (tertiary/aromatic N) is 4. The molecular weight excluding hydrogens is 342 g/mol. The van der Waals surface area contributed by atoms with Crippen LogP contribution in [0.25, 0.3) is 0 Å². The van der Waals surface area contributed by atoms with Crippen molar-refractivity contribution in [3.8, 4) is 0 Å². The maximum atomic E-state index is 12.1. The second kappa shape index (κ2) is 8.02. The molecule has 25 heavy (non-hydrogen) atoms. The van der Waals surface area contributed by atoms with Crippen LogP contribution in [-0.4, -0.2) is 32.1 Å². The predicted molar refractivity (Wildman–Crippen MR) is 91.2 cm³/mol. The zero-order valence-corrected chi connectivity index (χ0v) is 14.9. The summed E-state index contributed by atoms with van der Waals surface area (Å²) in [6.45, 7) is 2.29. The molecule has 0 saturated heterocycles. The van der Waals surface area contributed by atoms with Crippen molar-refractivity contribution in [2.75, 3.05) is 6.54 Å². The van der Waals surface area contributed by atoms with Crippen molar-refractivity contribution in [1.29, 1.82) is 0 Å². The summed E-state index contributed by atoms with van der Waals surface area (Å²) in [6.07, 6.45) is 4.98. The van der Waals surface area contributed by atoms with Gasteiger partial charge in [-0.1, -0.05) is 16.9 Å². The van der Waals surface area contributed by atoms with E-state index in [2.05, 4.69) is 20.4 Å². The Bertz CT molecular complexity index is 838. The number of nitrogens with one attached hydrogen (secondary N) is 1. The largest absolute Gasteiger partial charge is 0.455 e. The summed E-state index contributed by atoms with van der Waals surface area (Å²) >= 11 is 1.56. The molecule has 9 heteroatoms. The van der Waals surface area contributed by atoms with Gasteiger partial charge < -0.3 is 18.8 Å². The molecule has 0 unspecified atom stereocenters. The number of aryl methyl sites for hydroxylation is 3. The molecule has 3 rings (SSSR count). The van der Waals surface area contributed by atoms with Crippen LogP contribution >= 0.6 is 11.8 Å². The standard InChI is InChI=1S/C16H19N5O3S/c1-11-19-14(24-20-11)4-3-7-17-15(22)13-6-5-12(23-13)10-25-16-18-8-9-21(16)2/h5-6,8-9H,3-4,7,10H2,1-2H3,(H,17,22). The molecule has 8 nitrogen and oxygen atoms in total. The predicted octanol–water partition coefficient (Wildman–Crippen LogP) is 2.36. The average Bonchev–Trinajstić information content (AvgIpc) is 3.31. The van der Waals surface area contributed by atoms with E-state index in [-0.39, 0.29) is 5.91 Å². The lowest BCUT2D eigenvalue weighted by molar-refractivity contribution is 0.0924. The van der Waals surface area contributed by atoms with Crippen molar-refractivity contribution in [3.05, 3.63) is 47.8 Å². The van der Waals surface area contributed by atoms with Crippen LogP contribution in [0.1, 0.15) is 34.5 Å². The average molecular weight is 361 g/mol. The van der Waals surface area contributed by atoms with Gasteiger partial charge in [0.05, 0.1) is 5.75 Å². The molecule has 1 N–H and O–H groups in total. The van der Waals surface area contributed by atoms with Crippen LogP contribution in [0.3, 0.4) is 0 Å². The summed E-state index contributed by atoms with van der Waals surface area (Å²) in [7, 11) is 1.94. The Balaban J connectivity index is 1.41. The van der Waals surface area contributed by atoms with Crippen molar-refractivity contribution in [1.82, 2.24) is 25.0 Å². The van der Waals surface area contributed by atoms with Gasteiger partial charge in [-0.15, -0.1) is 0 Å². The number of hydrogen-bond donors (Lipinski definition) is 1. The van der Waals surface area contributed by atoms with Gasteiger partial charge in [0.1, 0.15) is 5.76 Å². The van der Waals surface area contributed by atoms with Gasteiger partial charge >= 0.3 is 0 Å². The molecule has 1 amide bonds. The minimum atomic E-state index is -0.227. The third-order valence-corrected chi connectivity index (χ3v) is 4.51. The smallest absolute Gasteiger partial charge is 0.286 e. The zero-order chi connectivity index (χ0) is 17.6. The van der Waals surface area contributed by atoms with Crippen LogP contribution in [0.4, 0.5) is 0 Å². The fraction of sp³-hybridized carbons (Fsp3) is 0.375. The first-order chi connectivity index (χ1) is 12.1. The molecule has 3 aromatic heterocycles. The molecule has 132 valence electrons. The number of amides is 1. The van der Waals surface area contributed by atoms with E-state index in [1.807, 2.05) is 23.9 Å². The summed E-state index contributed by atoms with van der Waals surface area (Å²) in [5.74, 6) is 2.64. The first kappa shape index (κ1) is 17.3. The van der Waals surface area contributed by atoms with E-state index in [9.17, 15) is 4.79 Å². The molecule has 0 fully saturated rings. The van der Waals surface area contributed by atoms with E-state index in [4.69, 9.17) is 8.94 Å². The normalized spacial score (nSPS) is 11.0. The highest BCUT2D eigenvalue weighted by molar-refractivity contribution is 7.98. The van der Waals surface area contributed by atoms with Gasteiger partial charge in [-0.2, -0.15) is 4.98 Å². The Hall–Kier alpha value is -2.55. The Morgan fingerprint density at radius 1 is 1.40 bits per heavy atom. The summed E-state index contributed by atoms with van der Waals surface area (Å²) < 4.78 is 12.6. The SMILES string of the molecule is Cc1noc(CCCNC(=O)c2ccc(CSc3nccn3C)o2)n1. The van der Waals surface area contributed by atoms with E-state index < -0.39 is 0 Å². The molecule has 3 heterocycles. The number of rotatable bonds is 8. The monoisotopic (exact) mass is 361 g/mol. The van der Waals surface area contributed by atoms with E-state index in [1.165, 1.54) is 0 Å². The maximum Gasteiger partial charge on any atom is 0.286 e. The summed E-state index contributed by atoms with van der Waals surface area (Å²) in [5.41, 5.74) is 0. The molecule has 0 aromatic carbocycles. The highest BCUT2D eigenvalue weighted by atomic mass is 32.2. The van der Waals surface area contributed by atoms with Gasteiger partial charge in [0.25, 0.3) is 5.91 Å². The summed E-state index contributed by atoms with van der Waals surface area (Å²) in [6, 6.07) is 3.50. The van der Waals surface area contributed by atoms with Crippen molar-refractivity contribution in [2.24, 2.45) is 7.05 Å². The van der Waals surface area contributed by atoms with Gasteiger partial charge in [-0.3, -0.25) is 4.79 Å². The molecule has 3 aromatic rings. The van der Waals surface area contributed by atoms with Crippen LogP contribution in [0.15, 0.2) is 38.6 Å². The fourth-order valence-electron chi connectivity index (χ4n) is 2.17. The number of thioether (sulfide) groups is 1. The Kier molecular flexibility index (Phi) is 5.54. The van der Waals surface area contributed by atoms with Crippen LogP contribution in [0.2, 0.25) is 0 Å². The van der Waals surface area contributed by atoms with Crippen LogP contribution in [-0.2, 0) is 19.2 Å². The van der Waals surface area contributed by atoms with E-state index in [0.29, 0.717) is 36.2 Å². The molecule has 0 aliphatic heterocycles. The minimum Gasteiger partial charge on any atom is -0.455 e. The lowest BCUT2D eigenvalue weighted by Crippen LogP contribution is -2.24. The first-order valence-corrected chi connectivity index (χ1v) is 8.86.